The van der Waals surface area contributed by atoms with Crippen LogP contribution in [-0.2, 0) is 0 Å². The molecule has 1 aliphatic carbocycles. The summed E-state index contributed by atoms with van der Waals surface area (Å²) in [4.78, 5) is 8.18. The van der Waals surface area contributed by atoms with Gasteiger partial charge in [-0.1, -0.05) is 11.6 Å². The van der Waals surface area contributed by atoms with Crippen molar-refractivity contribution in [1.29, 1.82) is 0 Å². The van der Waals surface area contributed by atoms with Crippen LogP contribution in [0.1, 0.15) is 19.3 Å². The van der Waals surface area contributed by atoms with Gasteiger partial charge in [-0.05, 0) is 25.5 Å². The quantitative estimate of drug-likeness (QED) is 0.914. The van der Waals surface area contributed by atoms with E-state index >= 15 is 0 Å². The molecule has 0 amide bonds. The van der Waals surface area contributed by atoms with E-state index in [0.29, 0.717) is 22.9 Å². The molecule has 0 aromatic carbocycles. The SMILES string of the molecule is COc1ncc(Cl)c(NC2CCC(SC)C2)n1. The Balaban J connectivity index is 2.03. The fourth-order valence-corrected chi connectivity index (χ4v) is 2.97. The average molecular weight is 274 g/mol. The number of halogens is 1. The van der Waals surface area contributed by atoms with Crippen LogP contribution in [0, 0.1) is 0 Å². The molecule has 4 nitrogen and oxygen atoms in total. The Bertz CT molecular complexity index is 391. The number of aromatic nitrogens is 2. The number of hydrogen-bond acceptors (Lipinski definition) is 5. The number of ether oxygens (including phenoxy) is 1. The Kier molecular flexibility index (Phi) is 4.34. The first kappa shape index (κ1) is 12.8. The minimum atomic E-state index is 0.344. The second kappa shape index (κ2) is 5.78. The molecule has 1 N–H and O–H groups in total. The van der Waals surface area contributed by atoms with E-state index in [1.807, 2.05) is 11.8 Å². The molecule has 1 fully saturated rings. The van der Waals surface area contributed by atoms with Crippen LogP contribution >= 0.6 is 23.4 Å². The van der Waals surface area contributed by atoms with E-state index in [1.54, 1.807) is 13.3 Å². The van der Waals surface area contributed by atoms with Crippen molar-refractivity contribution in [2.24, 2.45) is 0 Å². The fraction of sp³-hybridized carbons (Fsp3) is 0.636. The molecule has 1 aromatic rings. The van der Waals surface area contributed by atoms with E-state index in [1.165, 1.54) is 6.42 Å². The van der Waals surface area contributed by atoms with Crippen molar-refractivity contribution in [2.45, 2.75) is 30.6 Å². The number of nitrogens with one attached hydrogen (secondary N) is 1. The second-order valence-electron chi connectivity index (χ2n) is 4.07. The number of methoxy groups -OCH3 is 1. The van der Waals surface area contributed by atoms with Crippen LogP contribution in [0.3, 0.4) is 0 Å². The van der Waals surface area contributed by atoms with Gasteiger partial charge in [0, 0.05) is 11.3 Å². The summed E-state index contributed by atoms with van der Waals surface area (Å²) in [7, 11) is 1.55. The van der Waals surface area contributed by atoms with Crippen LogP contribution in [0.5, 0.6) is 6.01 Å². The molecule has 1 heterocycles. The molecule has 0 spiro atoms. The minimum absolute atomic E-state index is 0.344. The van der Waals surface area contributed by atoms with Gasteiger partial charge in [-0.25, -0.2) is 4.98 Å². The van der Waals surface area contributed by atoms with Gasteiger partial charge >= 0.3 is 6.01 Å². The second-order valence-corrected chi connectivity index (χ2v) is 5.61. The molecule has 0 aliphatic heterocycles. The Morgan fingerprint density at radius 3 is 3.00 bits per heavy atom. The summed E-state index contributed by atoms with van der Waals surface area (Å²) in [5.74, 6) is 0.672. The molecule has 0 bridgehead atoms. The first-order valence-corrected chi connectivity index (χ1v) is 7.25. The van der Waals surface area contributed by atoms with Crippen molar-refractivity contribution in [3.8, 4) is 6.01 Å². The van der Waals surface area contributed by atoms with Crippen molar-refractivity contribution in [3.05, 3.63) is 11.2 Å². The van der Waals surface area contributed by atoms with Crippen LogP contribution in [0.15, 0.2) is 6.20 Å². The van der Waals surface area contributed by atoms with Gasteiger partial charge in [0.25, 0.3) is 0 Å². The third kappa shape index (κ3) is 3.16. The largest absolute Gasteiger partial charge is 0.467 e. The monoisotopic (exact) mass is 273 g/mol. The lowest BCUT2D eigenvalue weighted by Crippen LogP contribution is -2.17. The average Bonchev–Trinajstić information content (AvgIpc) is 2.80. The van der Waals surface area contributed by atoms with Crippen LogP contribution in [0.4, 0.5) is 5.82 Å². The lowest BCUT2D eigenvalue weighted by atomic mass is 10.2. The van der Waals surface area contributed by atoms with E-state index in [9.17, 15) is 0 Å². The van der Waals surface area contributed by atoms with Crippen molar-refractivity contribution in [3.63, 3.8) is 0 Å². The molecule has 94 valence electrons. The number of rotatable bonds is 4. The van der Waals surface area contributed by atoms with Gasteiger partial charge < -0.3 is 10.1 Å². The summed E-state index contributed by atoms with van der Waals surface area (Å²) in [6.07, 6.45) is 7.29. The Labute approximate surface area is 111 Å². The zero-order valence-electron chi connectivity index (χ0n) is 9.94. The normalized spacial score (nSPS) is 23.7. The first-order chi connectivity index (χ1) is 8.22. The van der Waals surface area contributed by atoms with E-state index in [4.69, 9.17) is 16.3 Å². The molecular weight excluding hydrogens is 258 g/mol. The maximum Gasteiger partial charge on any atom is 0.318 e. The highest BCUT2D eigenvalue weighted by Gasteiger charge is 2.24. The predicted molar refractivity (Wildman–Crippen MR) is 72.2 cm³/mol. The molecule has 0 radical (unpaired) electrons. The van der Waals surface area contributed by atoms with Gasteiger partial charge in [-0.3, -0.25) is 0 Å². The fourth-order valence-electron chi connectivity index (χ4n) is 2.03. The zero-order chi connectivity index (χ0) is 12.3. The maximum absolute atomic E-state index is 6.05. The van der Waals surface area contributed by atoms with E-state index in [2.05, 4.69) is 21.5 Å². The van der Waals surface area contributed by atoms with Crippen LogP contribution in [0.2, 0.25) is 5.02 Å². The Morgan fingerprint density at radius 1 is 1.53 bits per heavy atom. The third-order valence-corrected chi connectivity index (χ3v) is 4.33. The lowest BCUT2D eigenvalue weighted by molar-refractivity contribution is 0.380. The van der Waals surface area contributed by atoms with Crippen molar-refractivity contribution < 1.29 is 4.74 Å². The Morgan fingerprint density at radius 2 is 2.35 bits per heavy atom. The van der Waals surface area contributed by atoms with Crippen molar-refractivity contribution >= 4 is 29.2 Å². The van der Waals surface area contributed by atoms with Crippen LogP contribution in [-0.4, -0.2) is 34.6 Å². The number of hydrogen-bond donors (Lipinski definition) is 1. The van der Waals surface area contributed by atoms with Gasteiger partial charge in [0.15, 0.2) is 5.82 Å². The van der Waals surface area contributed by atoms with Gasteiger partial charge in [-0.2, -0.15) is 16.7 Å². The molecule has 1 aromatic heterocycles. The highest BCUT2D eigenvalue weighted by atomic mass is 35.5. The summed E-state index contributed by atoms with van der Waals surface area (Å²) >= 11 is 7.98. The smallest absolute Gasteiger partial charge is 0.318 e. The summed E-state index contributed by atoms with van der Waals surface area (Å²) < 4.78 is 4.99. The van der Waals surface area contributed by atoms with Crippen molar-refractivity contribution in [2.75, 3.05) is 18.7 Å². The lowest BCUT2D eigenvalue weighted by Gasteiger charge is -2.14. The molecule has 2 atom stereocenters. The van der Waals surface area contributed by atoms with E-state index in [-0.39, 0.29) is 0 Å². The van der Waals surface area contributed by atoms with Gasteiger partial charge in [0.05, 0.1) is 13.3 Å². The minimum Gasteiger partial charge on any atom is -0.467 e. The predicted octanol–water partition coefficient (Wildman–Crippen LogP) is 2.83. The van der Waals surface area contributed by atoms with E-state index in [0.717, 1.165) is 18.1 Å². The number of thioether (sulfide) groups is 1. The van der Waals surface area contributed by atoms with E-state index < -0.39 is 0 Å². The summed E-state index contributed by atoms with van der Waals surface area (Å²) in [5.41, 5.74) is 0. The molecule has 2 unspecified atom stereocenters. The Hall–Kier alpha value is -0.680. The van der Waals surface area contributed by atoms with Gasteiger partial charge in [-0.15, -0.1) is 0 Å². The van der Waals surface area contributed by atoms with Gasteiger partial charge in [0.1, 0.15) is 5.02 Å². The standard InChI is InChI=1S/C11H16ClN3OS/c1-16-11-13-6-9(12)10(15-11)14-7-3-4-8(5-7)17-2/h6-8H,3-5H2,1-2H3,(H,13,14,15). The van der Waals surface area contributed by atoms with Gasteiger partial charge in [0.2, 0.25) is 0 Å². The summed E-state index contributed by atoms with van der Waals surface area (Å²) in [6, 6.07) is 0.792. The first-order valence-electron chi connectivity index (χ1n) is 5.58. The molecule has 1 aliphatic rings. The summed E-state index contributed by atoms with van der Waals surface area (Å²) in [5, 5.41) is 4.66. The molecule has 17 heavy (non-hydrogen) atoms. The number of anilines is 1. The van der Waals surface area contributed by atoms with Crippen molar-refractivity contribution in [1.82, 2.24) is 9.97 Å². The summed E-state index contributed by atoms with van der Waals surface area (Å²) in [6.45, 7) is 0. The third-order valence-electron chi connectivity index (χ3n) is 2.96. The molecule has 1 saturated carbocycles. The highest BCUT2D eigenvalue weighted by molar-refractivity contribution is 7.99. The molecule has 2 rings (SSSR count). The van der Waals surface area contributed by atoms with Crippen LogP contribution in [0.25, 0.3) is 0 Å². The maximum atomic E-state index is 6.05. The number of nitrogens with zero attached hydrogens (tertiary/aromatic N) is 2. The molecule has 6 heteroatoms. The molecular formula is C11H16ClN3OS. The molecule has 0 saturated heterocycles. The van der Waals surface area contributed by atoms with Crippen LogP contribution < -0.4 is 10.1 Å². The topological polar surface area (TPSA) is 47.0 Å². The zero-order valence-corrected chi connectivity index (χ0v) is 11.5. The highest BCUT2D eigenvalue weighted by Crippen LogP contribution is 2.31.